The largest absolute Gasteiger partial charge is 0.377 e. The number of anilines is 1. The van der Waals surface area contributed by atoms with Gasteiger partial charge in [0.2, 0.25) is 0 Å². The number of aromatic nitrogens is 2. The molecule has 0 aliphatic heterocycles. The van der Waals surface area contributed by atoms with Crippen LogP contribution in [0.1, 0.15) is 29.4 Å². The average Bonchev–Trinajstić information content (AvgIpc) is 2.67. The second kappa shape index (κ2) is 6.17. The number of hydrogen-bond acceptors (Lipinski definition) is 4. The summed E-state index contributed by atoms with van der Waals surface area (Å²) in [6.07, 6.45) is 0.774. The Bertz CT molecular complexity index is 706. The summed E-state index contributed by atoms with van der Waals surface area (Å²) in [6, 6.07) is 5.31. The van der Waals surface area contributed by atoms with E-state index in [1.54, 1.807) is 12.1 Å². The third kappa shape index (κ3) is 3.27. The lowest BCUT2D eigenvalue weighted by molar-refractivity contribution is -0.384. The van der Waals surface area contributed by atoms with Crippen molar-refractivity contribution in [2.24, 2.45) is 7.05 Å². The molecule has 0 saturated heterocycles. The van der Waals surface area contributed by atoms with Gasteiger partial charge in [0, 0.05) is 24.8 Å². The van der Waals surface area contributed by atoms with Crippen molar-refractivity contribution in [1.29, 1.82) is 0 Å². The van der Waals surface area contributed by atoms with Crippen LogP contribution < -0.4 is 5.32 Å². The number of nitrogens with zero attached hydrogens (tertiary/aromatic N) is 3. The van der Waals surface area contributed by atoms with Gasteiger partial charge in [-0.3, -0.25) is 14.8 Å². The number of hydrogen-bond donors (Lipinski definition) is 1. The maximum Gasteiger partial charge on any atom is 0.292 e. The van der Waals surface area contributed by atoms with E-state index in [0.717, 1.165) is 23.4 Å². The topological polar surface area (TPSA) is 73.0 Å². The van der Waals surface area contributed by atoms with E-state index < -0.39 is 0 Å². The van der Waals surface area contributed by atoms with Gasteiger partial charge in [-0.05, 0) is 51.3 Å². The van der Waals surface area contributed by atoms with E-state index in [2.05, 4.69) is 10.4 Å². The molecule has 0 aliphatic carbocycles. The lowest BCUT2D eigenvalue weighted by Crippen LogP contribution is -2.19. The minimum absolute atomic E-state index is 0.0722. The first-order valence-electron chi connectivity index (χ1n) is 7.30. The molecule has 1 unspecified atom stereocenters. The predicted molar refractivity (Wildman–Crippen MR) is 87.3 cm³/mol. The lowest BCUT2D eigenvalue weighted by atomic mass is 10.0. The highest BCUT2D eigenvalue weighted by Gasteiger charge is 2.17. The zero-order valence-corrected chi connectivity index (χ0v) is 13.7. The smallest absolute Gasteiger partial charge is 0.292 e. The van der Waals surface area contributed by atoms with E-state index in [0.29, 0.717) is 5.69 Å². The van der Waals surface area contributed by atoms with Crippen LogP contribution in [0.15, 0.2) is 18.2 Å². The SMILES string of the molecule is Cc1ccc(NC(C)Cc2c(C)nn(C)c2C)c([N+](=O)[O-])c1. The first-order chi connectivity index (χ1) is 10.3. The molecule has 0 fully saturated rings. The predicted octanol–water partition coefficient (Wildman–Crippen LogP) is 3.30. The minimum Gasteiger partial charge on any atom is -0.377 e. The molecule has 2 rings (SSSR count). The van der Waals surface area contributed by atoms with Crippen LogP contribution in [0, 0.1) is 30.9 Å². The lowest BCUT2D eigenvalue weighted by Gasteiger charge is -2.16. The van der Waals surface area contributed by atoms with Crippen LogP contribution in [0.25, 0.3) is 0 Å². The summed E-state index contributed by atoms with van der Waals surface area (Å²) >= 11 is 0. The van der Waals surface area contributed by atoms with Crippen LogP contribution in [0.3, 0.4) is 0 Å². The van der Waals surface area contributed by atoms with Gasteiger partial charge in [-0.1, -0.05) is 6.07 Å². The van der Waals surface area contributed by atoms with Crippen molar-refractivity contribution in [3.63, 3.8) is 0 Å². The molecule has 0 saturated carbocycles. The number of aryl methyl sites for hydroxylation is 3. The third-order valence-electron chi connectivity index (χ3n) is 3.92. The van der Waals surface area contributed by atoms with Crippen molar-refractivity contribution in [3.8, 4) is 0 Å². The standard InChI is InChI=1S/C16H22N4O2/c1-10-6-7-15(16(8-10)20(21)22)17-11(2)9-14-12(3)18-19(5)13(14)4/h6-8,11,17H,9H2,1-5H3. The summed E-state index contributed by atoms with van der Waals surface area (Å²) in [5.41, 5.74) is 4.88. The molecule has 118 valence electrons. The summed E-state index contributed by atoms with van der Waals surface area (Å²) in [5, 5.41) is 18.8. The van der Waals surface area contributed by atoms with E-state index >= 15 is 0 Å². The van der Waals surface area contributed by atoms with E-state index in [-0.39, 0.29) is 16.7 Å². The van der Waals surface area contributed by atoms with Gasteiger partial charge in [-0.25, -0.2) is 0 Å². The molecule has 22 heavy (non-hydrogen) atoms. The number of nitro benzene ring substituents is 1. The van der Waals surface area contributed by atoms with Crippen molar-refractivity contribution in [2.45, 2.75) is 40.2 Å². The Hall–Kier alpha value is -2.37. The van der Waals surface area contributed by atoms with E-state index in [4.69, 9.17) is 0 Å². The second-order valence-corrected chi connectivity index (χ2v) is 5.80. The van der Waals surface area contributed by atoms with Gasteiger partial charge in [0.1, 0.15) is 5.69 Å². The van der Waals surface area contributed by atoms with Gasteiger partial charge in [-0.15, -0.1) is 0 Å². The fraction of sp³-hybridized carbons (Fsp3) is 0.438. The molecule has 0 bridgehead atoms. The molecule has 0 radical (unpaired) electrons. The maximum absolute atomic E-state index is 11.2. The number of nitrogens with one attached hydrogen (secondary N) is 1. The number of rotatable bonds is 5. The monoisotopic (exact) mass is 302 g/mol. The van der Waals surface area contributed by atoms with Crippen molar-refractivity contribution < 1.29 is 4.92 Å². The van der Waals surface area contributed by atoms with Crippen LogP contribution in [0.2, 0.25) is 0 Å². The fourth-order valence-corrected chi connectivity index (χ4v) is 2.65. The molecule has 1 aromatic carbocycles. The van der Waals surface area contributed by atoms with E-state index in [1.807, 2.05) is 45.5 Å². The van der Waals surface area contributed by atoms with Crippen LogP contribution in [-0.2, 0) is 13.5 Å². The Balaban J connectivity index is 2.19. The Labute approximate surface area is 130 Å². The van der Waals surface area contributed by atoms with Gasteiger partial charge < -0.3 is 5.32 Å². The average molecular weight is 302 g/mol. The van der Waals surface area contributed by atoms with Crippen LogP contribution in [-0.4, -0.2) is 20.7 Å². The molecule has 6 nitrogen and oxygen atoms in total. The molecule has 6 heteroatoms. The highest BCUT2D eigenvalue weighted by molar-refractivity contribution is 5.63. The molecular weight excluding hydrogens is 280 g/mol. The molecule has 1 heterocycles. The molecule has 1 N–H and O–H groups in total. The van der Waals surface area contributed by atoms with Crippen LogP contribution in [0.5, 0.6) is 0 Å². The molecule has 0 aliphatic rings. The van der Waals surface area contributed by atoms with Gasteiger partial charge in [0.25, 0.3) is 5.69 Å². The normalized spacial score (nSPS) is 12.2. The Morgan fingerprint density at radius 3 is 2.59 bits per heavy atom. The van der Waals surface area contributed by atoms with Crippen LogP contribution in [0.4, 0.5) is 11.4 Å². The first kappa shape index (κ1) is 16.0. The quantitative estimate of drug-likeness (QED) is 0.679. The fourth-order valence-electron chi connectivity index (χ4n) is 2.65. The summed E-state index contributed by atoms with van der Waals surface area (Å²) in [6.45, 7) is 7.90. The Morgan fingerprint density at radius 1 is 1.36 bits per heavy atom. The molecule has 0 spiro atoms. The van der Waals surface area contributed by atoms with Crippen molar-refractivity contribution >= 4 is 11.4 Å². The van der Waals surface area contributed by atoms with E-state index in [9.17, 15) is 10.1 Å². The second-order valence-electron chi connectivity index (χ2n) is 5.80. The minimum atomic E-state index is -0.345. The molecule has 2 aromatic rings. The maximum atomic E-state index is 11.2. The van der Waals surface area contributed by atoms with E-state index in [1.165, 1.54) is 5.56 Å². The third-order valence-corrected chi connectivity index (χ3v) is 3.92. The molecule has 1 aromatic heterocycles. The van der Waals surface area contributed by atoms with Gasteiger partial charge in [0.15, 0.2) is 0 Å². The molecule has 1 atom stereocenters. The highest BCUT2D eigenvalue weighted by atomic mass is 16.6. The summed E-state index contributed by atoms with van der Waals surface area (Å²) in [7, 11) is 1.93. The van der Waals surface area contributed by atoms with Gasteiger partial charge >= 0.3 is 0 Å². The Morgan fingerprint density at radius 2 is 2.05 bits per heavy atom. The Kier molecular flexibility index (Phi) is 4.49. The number of benzene rings is 1. The first-order valence-corrected chi connectivity index (χ1v) is 7.30. The summed E-state index contributed by atoms with van der Waals surface area (Å²) in [5.74, 6) is 0. The highest BCUT2D eigenvalue weighted by Crippen LogP contribution is 2.26. The summed E-state index contributed by atoms with van der Waals surface area (Å²) in [4.78, 5) is 10.8. The number of nitro groups is 1. The zero-order chi connectivity index (χ0) is 16.4. The zero-order valence-electron chi connectivity index (χ0n) is 13.7. The van der Waals surface area contributed by atoms with Gasteiger partial charge in [0.05, 0.1) is 10.6 Å². The van der Waals surface area contributed by atoms with Crippen molar-refractivity contribution in [2.75, 3.05) is 5.32 Å². The van der Waals surface area contributed by atoms with Gasteiger partial charge in [-0.2, -0.15) is 5.10 Å². The molecule has 0 amide bonds. The molecular formula is C16H22N4O2. The summed E-state index contributed by atoms with van der Waals surface area (Å²) < 4.78 is 1.87. The van der Waals surface area contributed by atoms with Crippen molar-refractivity contribution in [3.05, 3.63) is 50.8 Å². The van der Waals surface area contributed by atoms with Crippen LogP contribution >= 0.6 is 0 Å². The van der Waals surface area contributed by atoms with Crippen molar-refractivity contribution in [1.82, 2.24) is 9.78 Å².